The van der Waals surface area contributed by atoms with Crippen LogP contribution in [0.5, 0.6) is 0 Å². The summed E-state index contributed by atoms with van der Waals surface area (Å²) in [4.78, 5) is 22.9. The number of aryl methyl sites for hydroxylation is 1. The number of carbonyl (C=O) groups excluding carboxylic acids is 1. The lowest BCUT2D eigenvalue weighted by Gasteiger charge is -2.01. The van der Waals surface area contributed by atoms with E-state index in [9.17, 15) is 9.59 Å². The van der Waals surface area contributed by atoms with Gasteiger partial charge in [0.15, 0.2) is 0 Å². The van der Waals surface area contributed by atoms with E-state index in [1.165, 1.54) is 11.6 Å². The van der Waals surface area contributed by atoms with Gasteiger partial charge in [0.2, 0.25) is 5.91 Å². The molecule has 0 atom stereocenters. The zero-order chi connectivity index (χ0) is 15.2. The number of hydrogen-bond acceptors (Lipinski definition) is 3. The highest BCUT2D eigenvalue weighted by Gasteiger charge is 2.12. The number of nitrogens with one attached hydrogen (secondary N) is 1. The van der Waals surface area contributed by atoms with Crippen LogP contribution in [0.25, 0.3) is 6.08 Å². The molecule has 5 heteroatoms. The predicted molar refractivity (Wildman–Crippen MR) is 84.8 cm³/mol. The number of carboxylic acid groups (broad SMARTS) is 1. The molecule has 0 fully saturated rings. The minimum absolute atomic E-state index is 0.129. The number of benzene rings is 1. The third kappa shape index (κ3) is 4.03. The van der Waals surface area contributed by atoms with Crippen LogP contribution in [-0.2, 0) is 11.2 Å². The third-order valence-electron chi connectivity index (χ3n) is 2.93. The van der Waals surface area contributed by atoms with Crippen LogP contribution < -0.4 is 5.32 Å². The maximum Gasteiger partial charge on any atom is 0.348 e. The maximum atomic E-state index is 11.8. The summed E-state index contributed by atoms with van der Waals surface area (Å²) in [5.74, 6) is -1.39. The van der Waals surface area contributed by atoms with Crippen LogP contribution in [0.3, 0.4) is 0 Å². The van der Waals surface area contributed by atoms with E-state index >= 15 is 0 Å². The molecule has 2 rings (SSSR count). The van der Waals surface area contributed by atoms with E-state index in [0.29, 0.717) is 5.69 Å². The van der Waals surface area contributed by atoms with Gasteiger partial charge in [0.05, 0.1) is 5.69 Å². The van der Waals surface area contributed by atoms with E-state index in [2.05, 4.69) is 12.2 Å². The minimum atomic E-state index is -1.04. The fraction of sp³-hybridized carbons (Fsp3) is 0.125. The van der Waals surface area contributed by atoms with Gasteiger partial charge in [-0.2, -0.15) is 0 Å². The highest BCUT2D eigenvalue weighted by molar-refractivity contribution is 7.12. The van der Waals surface area contributed by atoms with Crippen molar-refractivity contribution in [3.05, 3.63) is 57.8 Å². The summed E-state index contributed by atoms with van der Waals surface area (Å²) in [6.45, 7) is 2.08. The normalized spacial score (nSPS) is 10.7. The van der Waals surface area contributed by atoms with E-state index in [4.69, 9.17) is 5.11 Å². The average molecular weight is 301 g/mol. The third-order valence-corrected chi connectivity index (χ3v) is 3.83. The van der Waals surface area contributed by atoms with Crippen LogP contribution in [0.15, 0.2) is 41.8 Å². The molecule has 1 heterocycles. The van der Waals surface area contributed by atoms with Crippen molar-refractivity contribution in [3.8, 4) is 0 Å². The molecule has 1 aromatic heterocycles. The molecule has 0 aliphatic carbocycles. The molecule has 0 saturated heterocycles. The number of carbonyl (C=O) groups is 2. The molecule has 0 bridgehead atoms. The van der Waals surface area contributed by atoms with Gasteiger partial charge in [-0.15, -0.1) is 11.3 Å². The zero-order valence-electron chi connectivity index (χ0n) is 11.5. The fourth-order valence-electron chi connectivity index (χ4n) is 1.78. The first-order chi connectivity index (χ1) is 10.1. The first-order valence-electron chi connectivity index (χ1n) is 6.49. The SMILES string of the molecule is CCc1ccc(/C=C/C(=O)Nc2ccsc2C(=O)O)cc1. The molecular weight excluding hydrogens is 286 g/mol. The standard InChI is InChI=1S/C16H15NO3S/c1-2-11-3-5-12(6-4-11)7-8-14(18)17-13-9-10-21-15(13)16(19)20/h3-10H,2H2,1H3,(H,17,18)(H,19,20)/b8-7+. The second-order valence-corrected chi connectivity index (χ2v) is 5.30. The average Bonchev–Trinajstić information content (AvgIpc) is 2.94. The van der Waals surface area contributed by atoms with E-state index < -0.39 is 5.97 Å². The van der Waals surface area contributed by atoms with Crippen molar-refractivity contribution in [1.82, 2.24) is 0 Å². The van der Waals surface area contributed by atoms with E-state index in [1.807, 2.05) is 24.3 Å². The number of carboxylic acids is 1. The number of rotatable bonds is 5. The lowest BCUT2D eigenvalue weighted by molar-refractivity contribution is -0.111. The fourth-order valence-corrected chi connectivity index (χ4v) is 2.47. The molecule has 0 unspecified atom stereocenters. The summed E-state index contributed by atoms with van der Waals surface area (Å²) in [7, 11) is 0. The smallest absolute Gasteiger partial charge is 0.348 e. The Kier molecular flexibility index (Phi) is 4.90. The Morgan fingerprint density at radius 2 is 1.95 bits per heavy atom. The van der Waals surface area contributed by atoms with Gasteiger partial charge in [0, 0.05) is 6.08 Å². The Morgan fingerprint density at radius 3 is 2.57 bits per heavy atom. The molecule has 108 valence electrons. The number of amides is 1. The molecule has 0 spiro atoms. The Labute approximate surface area is 126 Å². The highest BCUT2D eigenvalue weighted by Crippen LogP contribution is 2.22. The van der Waals surface area contributed by atoms with Crippen molar-refractivity contribution < 1.29 is 14.7 Å². The Hall–Kier alpha value is -2.40. The van der Waals surface area contributed by atoms with Gasteiger partial charge in [0.1, 0.15) is 4.88 Å². The van der Waals surface area contributed by atoms with E-state index in [0.717, 1.165) is 23.3 Å². The molecule has 1 amide bonds. The van der Waals surface area contributed by atoms with Crippen molar-refractivity contribution in [2.75, 3.05) is 5.32 Å². The quantitative estimate of drug-likeness (QED) is 0.828. The second kappa shape index (κ2) is 6.85. The van der Waals surface area contributed by atoms with Gasteiger partial charge in [-0.3, -0.25) is 4.79 Å². The van der Waals surface area contributed by atoms with E-state index in [-0.39, 0.29) is 10.8 Å². The van der Waals surface area contributed by atoms with Crippen molar-refractivity contribution in [3.63, 3.8) is 0 Å². The van der Waals surface area contributed by atoms with Crippen molar-refractivity contribution in [2.24, 2.45) is 0 Å². The van der Waals surface area contributed by atoms with Crippen LogP contribution in [-0.4, -0.2) is 17.0 Å². The van der Waals surface area contributed by atoms with Crippen molar-refractivity contribution in [2.45, 2.75) is 13.3 Å². The highest BCUT2D eigenvalue weighted by atomic mass is 32.1. The lowest BCUT2D eigenvalue weighted by Crippen LogP contribution is -2.09. The summed E-state index contributed by atoms with van der Waals surface area (Å²) < 4.78 is 0. The van der Waals surface area contributed by atoms with Crippen LogP contribution >= 0.6 is 11.3 Å². The molecule has 0 saturated carbocycles. The van der Waals surface area contributed by atoms with Gasteiger partial charge in [0.25, 0.3) is 0 Å². The van der Waals surface area contributed by atoms with Gasteiger partial charge < -0.3 is 10.4 Å². The Bertz CT molecular complexity index is 671. The number of anilines is 1. The predicted octanol–water partition coefficient (Wildman–Crippen LogP) is 3.66. The molecule has 1 aromatic carbocycles. The molecule has 2 N–H and O–H groups in total. The number of aromatic carboxylic acids is 1. The van der Waals surface area contributed by atoms with Gasteiger partial charge in [-0.25, -0.2) is 4.79 Å². The monoisotopic (exact) mass is 301 g/mol. The largest absolute Gasteiger partial charge is 0.477 e. The maximum absolute atomic E-state index is 11.8. The summed E-state index contributed by atoms with van der Waals surface area (Å²) in [6, 6.07) is 9.49. The summed E-state index contributed by atoms with van der Waals surface area (Å²) in [5, 5.41) is 13.2. The first-order valence-corrected chi connectivity index (χ1v) is 7.37. The number of hydrogen-bond donors (Lipinski definition) is 2. The van der Waals surface area contributed by atoms with Gasteiger partial charge in [-0.1, -0.05) is 31.2 Å². The van der Waals surface area contributed by atoms with Gasteiger partial charge in [-0.05, 0) is 35.1 Å². The van der Waals surface area contributed by atoms with Crippen molar-refractivity contribution >= 4 is 35.0 Å². The van der Waals surface area contributed by atoms with Gasteiger partial charge >= 0.3 is 5.97 Å². The molecule has 21 heavy (non-hydrogen) atoms. The molecule has 4 nitrogen and oxygen atoms in total. The zero-order valence-corrected chi connectivity index (χ0v) is 12.3. The molecule has 0 radical (unpaired) electrons. The number of thiophene rings is 1. The summed E-state index contributed by atoms with van der Waals surface area (Å²) in [5.41, 5.74) is 2.48. The van der Waals surface area contributed by atoms with Crippen molar-refractivity contribution in [1.29, 1.82) is 0 Å². The second-order valence-electron chi connectivity index (χ2n) is 4.39. The first kappa shape index (κ1) is 15.0. The minimum Gasteiger partial charge on any atom is -0.477 e. The summed E-state index contributed by atoms with van der Waals surface area (Å²) in [6.07, 6.45) is 4.06. The molecule has 0 aliphatic heterocycles. The summed E-state index contributed by atoms with van der Waals surface area (Å²) >= 11 is 1.08. The van der Waals surface area contributed by atoms with Crippen LogP contribution in [0, 0.1) is 0 Å². The molecular formula is C16H15NO3S. The lowest BCUT2D eigenvalue weighted by atomic mass is 10.1. The molecule has 0 aliphatic rings. The van der Waals surface area contributed by atoms with E-state index in [1.54, 1.807) is 17.5 Å². The Balaban J connectivity index is 2.02. The van der Waals surface area contributed by atoms with Crippen LogP contribution in [0.4, 0.5) is 5.69 Å². The van der Waals surface area contributed by atoms with Crippen LogP contribution in [0.1, 0.15) is 27.7 Å². The Morgan fingerprint density at radius 1 is 1.24 bits per heavy atom. The molecule has 2 aromatic rings. The topological polar surface area (TPSA) is 66.4 Å². The van der Waals surface area contributed by atoms with Crippen LogP contribution in [0.2, 0.25) is 0 Å².